The molecular weight excluding hydrogens is 418 g/mol. The SMILES string of the molecule is CCCCc1ccc(N2CC(C(=O)N3CCC(NC(=O)c4occc4C)CC3)CC2=O)cc1. The van der Waals surface area contributed by atoms with E-state index < -0.39 is 0 Å². The lowest BCUT2D eigenvalue weighted by molar-refractivity contribution is -0.136. The van der Waals surface area contributed by atoms with Crippen molar-refractivity contribution in [3.63, 3.8) is 0 Å². The Morgan fingerprint density at radius 2 is 1.85 bits per heavy atom. The Labute approximate surface area is 195 Å². The Bertz CT molecular complexity index is 989. The minimum atomic E-state index is -0.311. The molecule has 0 radical (unpaired) electrons. The summed E-state index contributed by atoms with van der Waals surface area (Å²) in [7, 11) is 0. The quantitative estimate of drug-likeness (QED) is 0.696. The molecule has 2 aromatic rings. The van der Waals surface area contributed by atoms with Crippen molar-refractivity contribution < 1.29 is 18.8 Å². The summed E-state index contributed by atoms with van der Waals surface area (Å²) < 4.78 is 5.26. The molecule has 0 aliphatic carbocycles. The normalized spacial score (nSPS) is 19.2. The van der Waals surface area contributed by atoms with Crippen molar-refractivity contribution in [3.8, 4) is 0 Å². The lowest BCUT2D eigenvalue weighted by atomic mass is 10.0. The summed E-state index contributed by atoms with van der Waals surface area (Å²) in [6, 6.07) is 9.92. The van der Waals surface area contributed by atoms with Crippen molar-refractivity contribution in [1.82, 2.24) is 10.2 Å². The van der Waals surface area contributed by atoms with E-state index in [2.05, 4.69) is 24.4 Å². The first-order valence-corrected chi connectivity index (χ1v) is 12.0. The number of benzene rings is 1. The number of anilines is 1. The fraction of sp³-hybridized carbons (Fsp3) is 0.500. The molecule has 33 heavy (non-hydrogen) atoms. The largest absolute Gasteiger partial charge is 0.459 e. The maximum Gasteiger partial charge on any atom is 0.287 e. The van der Waals surface area contributed by atoms with Crippen LogP contribution in [0.4, 0.5) is 5.69 Å². The molecule has 7 nitrogen and oxygen atoms in total. The number of furan rings is 1. The van der Waals surface area contributed by atoms with Crippen molar-refractivity contribution in [3.05, 3.63) is 53.5 Å². The number of carbonyl (C=O) groups is 3. The summed E-state index contributed by atoms with van der Waals surface area (Å²) in [4.78, 5) is 41.7. The van der Waals surface area contributed by atoms with Crippen LogP contribution in [0.5, 0.6) is 0 Å². The van der Waals surface area contributed by atoms with Crippen LogP contribution in [-0.4, -0.2) is 48.3 Å². The highest BCUT2D eigenvalue weighted by Crippen LogP contribution is 2.28. The third-order valence-electron chi connectivity index (χ3n) is 6.75. The zero-order valence-corrected chi connectivity index (χ0v) is 19.5. The molecule has 1 atom stereocenters. The van der Waals surface area contributed by atoms with Crippen LogP contribution in [-0.2, 0) is 16.0 Å². The highest BCUT2D eigenvalue weighted by atomic mass is 16.3. The minimum Gasteiger partial charge on any atom is -0.459 e. The summed E-state index contributed by atoms with van der Waals surface area (Å²) in [5, 5.41) is 3.01. The molecule has 3 heterocycles. The smallest absolute Gasteiger partial charge is 0.287 e. The molecule has 1 aromatic carbocycles. The van der Waals surface area contributed by atoms with Crippen LogP contribution >= 0.6 is 0 Å². The Kier molecular flexibility index (Phi) is 7.16. The van der Waals surface area contributed by atoms with Crippen LogP contribution in [0.3, 0.4) is 0 Å². The lowest BCUT2D eigenvalue weighted by Gasteiger charge is -2.33. The molecule has 4 rings (SSSR count). The van der Waals surface area contributed by atoms with Gasteiger partial charge in [0.2, 0.25) is 11.8 Å². The second-order valence-electron chi connectivity index (χ2n) is 9.18. The van der Waals surface area contributed by atoms with E-state index in [4.69, 9.17) is 4.42 Å². The molecule has 176 valence electrons. The topological polar surface area (TPSA) is 82.9 Å². The number of aryl methyl sites for hydroxylation is 2. The third kappa shape index (κ3) is 5.29. The van der Waals surface area contributed by atoms with Crippen molar-refractivity contribution in [2.24, 2.45) is 5.92 Å². The van der Waals surface area contributed by atoms with Gasteiger partial charge >= 0.3 is 0 Å². The number of hydrogen-bond donors (Lipinski definition) is 1. The van der Waals surface area contributed by atoms with E-state index in [0.29, 0.717) is 38.2 Å². The Balaban J connectivity index is 1.28. The third-order valence-corrected chi connectivity index (χ3v) is 6.75. The summed E-state index contributed by atoms with van der Waals surface area (Å²) in [5.41, 5.74) is 2.95. The fourth-order valence-corrected chi connectivity index (χ4v) is 4.70. The predicted molar refractivity (Wildman–Crippen MR) is 126 cm³/mol. The van der Waals surface area contributed by atoms with Crippen molar-refractivity contribution in [1.29, 1.82) is 0 Å². The number of piperidine rings is 1. The van der Waals surface area contributed by atoms with Gasteiger partial charge in [-0.2, -0.15) is 0 Å². The Morgan fingerprint density at radius 1 is 1.12 bits per heavy atom. The number of rotatable bonds is 7. The molecule has 0 saturated carbocycles. The Morgan fingerprint density at radius 3 is 2.48 bits per heavy atom. The van der Waals surface area contributed by atoms with Crippen LogP contribution in [0.1, 0.15) is 60.7 Å². The second-order valence-corrected chi connectivity index (χ2v) is 9.18. The van der Waals surface area contributed by atoms with E-state index in [9.17, 15) is 14.4 Å². The standard InChI is InChI=1S/C26H33N3O4/c1-3-4-5-19-6-8-22(9-7-19)29-17-20(16-23(29)30)26(32)28-13-10-21(11-14-28)27-25(31)24-18(2)12-15-33-24/h6-9,12,15,20-21H,3-5,10-11,13-14,16-17H2,1-2H3,(H,27,31). The van der Waals surface area contributed by atoms with E-state index in [1.54, 1.807) is 11.0 Å². The molecule has 2 fully saturated rings. The molecule has 0 bridgehead atoms. The van der Waals surface area contributed by atoms with Crippen molar-refractivity contribution in [2.75, 3.05) is 24.5 Å². The summed E-state index contributed by atoms with van der Waals surface area (Å²) >= 11 is 0. The average molecular weight is 452 g/mol. The molecule has 1 unspecified atom stereocenters. The number of amides is 3. The summed E-state index contributed by atoms with van der Waals surface area (Å²) in [6.45, 7) is 5.61. The highest BCUT2D eigenvalue weighted by molar-refractivity contribution is 6.00. The van der Waals surface area contributed by atoms with E-state index in [1.807, 2.05) is 24.0 Å². The monoisotopic (exact) mass is 451 g/mol. The van der Waals surface area contributed by atoms with Crippen LogP contribution in [0.25, 0.3) is 0 Å². The Hall–Kier alpha value is -3.09. The van der Waals surface area contributed by atoms with Crippen LogP contribution < -0.4 is 10.2 Å². The first kappa shape index (κ1) is 23.1. The number of hydrogen-bond acceptors (Lipinski definition) is 4. The first-order valence-electron chi connectivity index (χ1n) is 12.0. The fourth-order valence-electron chi connectivity index (χ4n) is 4.70. The molecule has 3 amide bonds. The molecule has 2 aliphatic heterocycles. The van der Waals surface area contributed by atoms with Gasteiger partial charge in [0, 0.05) is 43.3 Å². The van der Waals surface area contributed by atoms with Gasteiger partial charge in [-0.05, 0) is 56.4 Å². The zero-order chi connectivity index (χ0) is 23.4. The van der Waals surface area contributed by atoms with E-state index in [-0.39, 0.29) is 36.1 Å². The predicted octanol–water partition coefficient (Wildman–Crippen LogP) is 3.70. The van der Waals surface area contributed by atoms with E-state index in [0.717, 1.165) is 30.5 Å². The second kappa shape index (κ2) is 10.2. The number of nitrogens with one attached hydrogen (secondary N) is 1. The van der Waals surface area contributed by atoms with Crippen molar-refractivity contribution >= 4 is 23.4 Å². The maximum atomic E-state index is 13.1. The van der Waals surface area contributed by atoms with Gasteiger partial charge in [-0.25, -0.2) is 0 Å². The minimum absolute atomic E-state index is 0.00521. The molecule has 2 saturated heterocycles. The molecular formula is C26H33N3O4. The molecule has 0 spiro atoms. The van der Waals surface area contributed by atoms with Gasteiger partial charge in [-0.1, -0.05) is 25.5 Å². The first-order chi connectivity index (χ1) is 16.0. The zero-order valence-electron chi connectivity index (χ0n) is 19.5. The van der Waals surface area contributed by atoms with Gasteiger partial charge in [0.25, 0.3) is 5.91 Å². The van der Waals surface area contributed by atoms with Crippen molar-refractivity contribution in [2.45, 2.75) is 58.4 Å². The maximum absolute atomic E-state index is 13.1. The van der Waals surface area contributed by atoms with Crippen LogP contribution in [0, 0.1) is 12.8 Å². The number of likely N-dealkylation sites (tertiary alicyclic amines) is 1. The molecule has 1 aromatic heterocycles. The average Bonchev–Trinajstić information content (AvgIpc) is 3.43. The van der Waals surface area contributed by atoms with E-state index in [1.165, 1.54) is 11.8 Å². The van der Waals surface area contributed by atoms with Crippen LogP contribution in [0.2, 0.25) is 0 Å². The number of carbonyl (C=O) groups excluding carboxylic acids is 3. The molecule has 7 heteroatoms. The highest BCUT2D eigenvalue weighted by Gasteiger charge is 2.38. The van der Waals surface area contributed by atoms with Gasteiger partial charge in [-0.3, -0.25) is 14.4 Å². The van der Waals surface area contributed by atoms with E-state index >= 15 is 0 Å². The van der Waals surface area contributed by atoms with Gasteiger partial charge in [0.1, 0.15) is 0 Å². The van der Waals surface area contributed by atoms with Gasteiger partial charge in [-0.15, -0.1) is 0 Å². The summed E-state index contributed by atoms with van der Waals surface area (Å²) in [6.07, 6.45) is 6.51. The molecule has 1 N–H and O–H groups in total. The van der Waals surface area contributed by atoms with Crippen LogP contribution in [0.15, 0.2) is 41.0 Å². The van der Waals surface area contributed by atoms with Gasteiger partial charge in [0.05, 0.1) is 12.2 Å². The lowest BCUT2D eigenvalue weighted by Crippen LogP contribution is -2.48. The number of nitrogens with zero attached hydrogens (tertiary/aromatic N) is 2. The van der Waals surface area contributed by atoms with Gasteiger partial charge in [0.15, 0.2) is 5.76 Å². The summed E-state index contributed by atoms with van der Waals surface area (Å²) in [5.74, 6) is -0.131. The van der Waals surface area contributed by atoms with Gasteiger partial charge < -0.3 is 19.5 Å². The molecule has 2 aliphatic rings. The number of unbranched alkanes of at least 4 members (excludes halogenated alkanes) is 1.